The maximum Gasteiger partial charge on any atom is 0.101 e. The number of hydrogen-bond donors (Lipinski definition) is 0. The average molecular weight is 412 g/mol. The molecule has 0 amide bonds. The van der Waals surface area contributed by atoms with E-state index in [1.807, 2.05) is 12.1 Å². The molecular weight excluding hydrogens is 392 g/mol. The number of aryl methyl sites for hydroxylation is 1. The third-order valence-corrected chi connectivity index (χ3v) is 6.87. The standard InChI is InChI=1S/C28H20N4/c1-17-10-12-23-22-8-5-6-18(15-29)27(22)32(28(23)24(17)16-30)19-11-13-21-20-7-3-4-9-25(20)31(2)26(21)14-19/h3-14,17,24H,1-2H3. The molecule has 2 unspecified atom stereocenters. The molecule has 6 rings (SSSR count). The highest BCUT2D eigenvalue weighted by Gasteiger charge is 2.31. The lowest BCUT2D eigenvalue weighted by molar-refractivity contribution is 0.622. The van der Waals surface area contributed by atoms with E-state index in [2.05, 4.69) is 95.9 Å². The van der Waals surface area contributed by atoms with Crippen molar-refractivity contribution in [3.63, 3.8) is 0 Å². The second-order valence-electron chi connectivity index (χ2n) is 8.55. The van der Waals surface area contributed by atoms with Gasteiger partial charge in [0.2, 0.25) is 0 Å². The van der Waals surface area contributed by atoms with E-state index in [0.29, 0.717) is 5.56 Å². The molecule has 0 aliphatic heterocycles. The fraction of sp³-hybridized carbons (Fsp3) is 0.143. The number of rotatable bonds is 1. The predicted molar refractivity (Wildman–Crippen MR) is 129 cm³/mol. The summed E-state index contributed by atoms with van der Waals surface area (Å²) in [5.74, 6) is -0.181. The average Bonchev–Trinajstić information content (AvgIpc) is 3.31. The van der Waals surface area contributed by atoms with Crippen LogP contribution in [0.3, 0.4) is 0 Å². The Kier molecular flexibility index (Phi) is 3.82. The first kappa shape index (κ1) is 18.5. The maximum absolute atomic E-state index is 10.1. The van der Waals surface area contributed by atoms with Gasteiger partial charge in [-0.1, -0.05) is 55.5 Å². The zero-order chi connectivity index (χ0) is 22.0. The molecule has 0 spiro atoms. The zero-order valence-corrected chi connectivity index (χ0v) is 17.9. The molecule has 4 heteroatoms. The molecule has 1 aliphatic rings. The molecule has 152 valence electrons. The lowest BCUT2D eigenvalue weighted by Crippen LogP contribution is -2.15. The normalized spacial score (nSPS) is 17.5. The van der Waals surface area contributed by atoms with Crippen molar-refractivity contribution in [2.24, 2.45) is 13.0 Å². The highest BCUT2D eigenvalue weighted by molar-refractivity contribution is 6.08. The number of aromatic nitrogens is 2. The fourth-order valence-electron chi connectivity index (χ4n) is 5.30. The number of hydrogen-bond acceptors (Lipinski definition) is 2. The molecule has 0 N–H and O–H groups in total. The Morgan fingerprint density at radius 2 is 1.66 bits per heavy atom. The van der Waals surface area contributed by atoms with Crippen molar-refractivity contribution < 1.29 is 0 Å². The highest BCUT2D eigenvalue weighted by atomic mass is 15.0. The van der Waals surface area contributed by atoms with Crippen molar-refractivity contribution in [3.05, 3.63) is 83.6 Å². The number of nitrogens with zero attached hydrogens (tertiary/aromatic N) is 4. The summed E-state index contributed by atoms with van der Waals surface area (Å²) >= 11 is 0. The SMILES string of the molecule is CC1C=Cc2c(n(-c3ccc4c5ccccc5n(C)c4c3)c3c(C#N)cccc23)C1C#N. The molecular formula is C28H20N4. The molecule has 2 heterocycles. The minimum absolute atomic E-state index is 0.0995. The van der Waals surface area contributed by atoms with E-state index in [0.717, 1.165) is 33.4 Å². The Bertz CT molecular complexity index is 1680. The van der Waals surface area contributed by atoms with Gasteiger partial charge in [-0.3, -0.25) is 0 Å². The quantitative estimate of drug-likeness (QED) is 0.319. The minimum atomic E-state index is -0.280. The third-order valence-electron chi connectivity index (χ3n) is 6.87. The van der Waals surface area contributed by atoms with Gasteiger partial charge in [-0.05, 0) is 30.2 Å². The summed E-state index contributed by atoms with van der Waals surface area (Å²) in [7, 11) is 2.08. The topological polar surface area (TPSA) is 57.4 Å². The smallest absolute Gasteiger partial charge is 0.101 e. The van der Waals surface area contributed by atoms with Gasteiger partial charge >= 0.3 is 0 Å². The van der Waals surface area contributed by atoms with Crippen molar-refractivity contribution in [2.75, 3.05) is 0 Å². The summed E-state index contributed by atoms with van der Waals surface area (Å²) in [6.45, 7) is 2.08. The Morgan fingerprint density at radius 3 is 2.47 bits per heavy atom. The van der Waals surface area contributed by atoms with Crippen LogP contribution in [0.1, 0.15) is 29.7 Å². The van der Waals surface area contributed by atoms with Crippen LogP contribution in [0.5, 0.6) is 0 Å². The Balaban J connectivity index is 1.76. The van der Waals surface area contributed by atoms with E-state index >= 15 is 0 Å². The summed E-state index contributed by atoms with van der Waals surface area (Å²) in [6.07, 6.45) is 4.22. The lowest BCUT2D eigenvalue weighted by Gasteiger charge is -2.22. The van der Waals surface area contributed by atoms with Gasteiger partial charge in [0.15, 0.2) is 0 Å². The molecule has 32 heavy (non-hydrogen) atoms. The molecule has 0 radical (unpaired) electrons. The van der Waals surface area contributed by atoms with Crippen LogP contribution >= 0.6 is 0 Å². The van der Waals surface area contributed by atoms with E-state index in [-0.39, 0.29) is 11.8 Å². The first-order valence-electron chi connectivity index (χ1n) is 10.8. The second kappa shape index (κ2) is 6.61. The third kappa shape index (κ3) is 2.30. The van der Waals surface area contributed by atoms with Gasteiger partial charge in [-0.15, -0.1) is 0 Å². The Labute approximate surface area is 185 Å². The van der Waals surface area contributed by atoms with Gasteiger partial charge in [-0.2, -0.15) is 10.5 Å². The van der Waals surface area contributed by atoms with E-state index < -0.39 is 0 Å². The number of fused-ring (bicyclic) bond motifs is 6. The molecule has 0 fully saturated rings. The van der Waals surface area contributed by atoms with Crippen molar-refractivity contribution in [1.29, 1.82) is 10.5 Å². The molecule has 5 aromatic rings. The van der Waals surface area contributed by atoms with E-state index in [4.69, 9.17) is 0 Å². The van der Waals surface area contributed by atoms with E-state index in [9.17, 15) is 10.5 Å². The van der Waals surface area contributed by atoms with Crippen LogP contribution in [0.2, 0.25) is 0 Å². The molecule has 3 aromatic carbocycles. The van der Waals surface area contributed by atoms with Crippen LogP contribution in [-0.4, -0.2) is 9.13 Å². The van der Waals surface area contributed by atoms with Gasteiger partial charge in [0.25, 0.3) is 0 Å². The first-order valence-corrected chi connectivity index (χ1v) is 10.8. The summed E-state index contributed by atoms with van der Waals surface area (Å²) in [4.78, 5) is 0. The predicted octanol–water partition coefficient (Wildman–Crippen LogP) is 6.42. The van der Waals surface area contributed by atoms with E-state index in [1.165, 1.54) is 16.3 Å². The van der Waals surface area contributed by atoms with E-state index in [1.54, 1.807) is 0 Å². The van der Waals surface area contributed by atoms with Crippen LogP contribution in [0.4, 0.5) is 0 Å². The molecule has 2 aromatic heterocycles. The summed E-state index contributed by atoms with van der Waals surface area (Å²) in [5, 5.41) is 23.4. The molecule has 4 nitrogen and oxygen atoms in total. The van der Waals surface area contributed by atoms with Gasteiger partial charge in [0.05, 0.1) is 28.6 Å². The molecule has 2 atom stereocenters. The van der Waals surface area contributed by atoms with Crippen LogP contribution in [-0.2, 0) is 7.05 Å². The number of benzene rings is 3. The first-order chi connectivity index (χ1) is 15.6. The maximum atomic E-state index is 10.1. The highest BCUT2D eigenvalue weighted by Crippen LogP contribution is 2.43. The van der Waals surface area contributed by atoms with Crippen molar-refractivity contribution >= 4 is 38.8 Å². The molecule has 1 aliphatic carbocycles. The zero-order valence-electron chi connectivity index (χ0n) is 17.9. The van der Waals surface area contributed by atoms with Crippen LogP contribution in [0, 0.1) is 28.6 Å². The molecule has 0 saturated carbocycles. The largest absolute Gasteiger partial charge is 0.344 e. The van der Waals surface area contributed by atoms with Crippen LogP contribution in [0.15, 0.2) is 66.7 Å². The van der Waals surface area contributed by atoms with Gasteiger partial charge in [0.1, 0.15) is 6.07 Å². The van der Waals surface area contributed by atoms with Crippen molar-refractivity contribution in [1.82, 2.24) is 9.13 Å². The fourth-order valence-corrected chi connectivity index (χ4v) is 5.30. The molecule has 0 bridgehead atoms. The molecule has 0 saturated heterocycles. The monoisotopic (exact) mass is 412 g/mol. The van der Waals surface area contributed by atoms with Crippen molar-refractivity contribution in [2.45, 2.75) is 12.8 Å². The van der Waals surface area contributed by atoms with Gasteiger partial charge in [-0.25, -0.2) is 0 Å². The minimum Gasteiger partial charge on any atom is -0.344 e. The lowest BCUT2D eigenvalue weighted by atomic mass is 9.84. The van der Waals surface area contributed by atoms with Crippen LogP contribution in [0.25, 0.3) is 44.5 Å². The van der Waals surface area contributed by atoms with Gasteiger partial charge in [0, 0.05) is 45.7 Å². The Morgan fingerprint density at radius 1 is 0.875 bits per heavy atom. The second-order valence-corrected chi connectivity index (χ2v) is 8.55. The van der Waals surface area contributed by atoms with Crippen LogP contribution < -0.4 is 0 Å². The summed E-state index contributed by atoms with van der Waals surface area (Å²) in [5.41, 5.74) is 6.78. The van der Waals surface area contributed by atoms with Crippen molar-refractivity contribution in [3.8, 4) is 17.8 Å². The number of nitriles is 2. The number of para-hydroxylation sites is 2. The number of allylic oxidation sites excluding steroid dienone is 1. The van der Waals surface area contributed by atoms with Gasteiger partial charge < -0.3 is 9.13 Å². The summed E-state index contributed by atoms with van der Waals surface area (Å²) in [6, 6.07) is 25.6. The Hall–Kier alpha value is -4.28. The summed E-state index contributed by atoms with van der Waals surface area (Å²) < 4.78 is 4.36.